The zero-order chi connectivity index (χ0) is 11.9. The van der Waals surface area contributed by atoms with Crippen molar-refractivity contribution in [1.82, 2.24) is 0 Å². The Morgan fingerprint density at radius 2 is 2.35 bits per heavy atom. The molecule has 2 aliphatic rings. The van der Waals surface area contributed by atoms with Crippen LogP contribution in [0, 0.1) is 6.92 Å². The monoisotopic (exact) mass is 249 g/mol. The van der Waals surface area contributed by atoms with E-state index in [0.29, 0.717) is 0 Å². The van der Waals surface area contributed by atoms with Gasteiger partial charge in [0.25, 0.3) is 0 Å². The third kappa shape index (κ3) is 2.06. The zero-order valence-corrected chi connectivity index (χ0v) is 11.1. The van der Waals surface area contributed by atoms with Crippen molar-refractivity contribution in [1.29, 1.82) is 0 Å². The second-order valence-electron chi connectivity index (χ2n) is 5.29. The predicted molar refractivity (Wildman–Crippen MR) is 72.6 cm³/mol. The second kappa shape index (κ2) is 4.21. The van der Waals surface area contributed by atoms with Crippen LogP contribution in [0.5, 0.6) is 5.75 Å². The van der Waals surface area contributed by atoms with Crippen LogP contribution in [0.15, 0.2) is 18.2 Å². The first-order valence-electron chi connectivity index (χ1n) is 6.31. The highest BCUT2D eigenvalue weighted by atomic mass is 32.2. The minimum absolute atomic E-state index is 0.00455. The highest BCUT2D eigenvalue weighted by Crippen LogP contribution is 2.44. The van der Waals surface area contributed by atoms with Crippen LogP contribution in [0.2, 0.25) is 0 Å². The van der Waals surface area contributed by atoms with Gasteiger partial charge in [0.05, 0.1) is 0 Å². The Kier molecular flexibility index (Phi) is 2.83. The Bertz CT molecular complexity index is 426. The number of thioether (sulfide) groups is 1. The minimum Gasteiger partial charge on any atom is -0.486 e. The second-order valence-corrected chi connectivity index (χ2v) is 6.40. The van der Waals surface area contributed by atoms with Gasteiger partial charge < -0.3 is 10.5 Å². The smallest absolute Gasteiger partial charge is 0.124 e. The van der Waals surface area contributed by atoms with E-state index in [-0.39, 0.29) is 11.6 Å². The molecule has 0 aromatic heterocycles. The van der Waals surface area contributed by atoms with Crippen LogP contribution in [0.25, 0.3) is 0 Å². The van der Waals surface area contributed by atoms with Crippen LogP contribution in [0.4, 0.5) is 0 Å². The van der Waals surface area contributed by atoms with Crippen molar-refractivity contribution in [3.8, 4) is 5.75 Å². The van der Waals surface area contributed by atoms with Gasteiger partial charge in [-0.25, -0.2) is 0 Å². The van der Waals surface area contributed by atoms with Crippen LogP contribution < -0.4 is 10.5 Å². The van der Waals surface area contributed by atoms with E-state index < -0.39 is 0 Å². The SMILES string of the molecule is Cc1ccc2c(c1)C(N)CC1(CCCSC1)O2. The molecule has 2 atom stereocenters. The van der Waals surface area contributed by atoms with Gasteiger partial charge in [-0.1, -0.05) is 17.7 Å². The molecule has 1 saturated heterocycles. The van der Waals surface area contributed by atoms with Crippen molar-refractivity contribution in [2.24, 2.45) is 5.73 Å². The number of fused-ring (bicyclic) bond motifs is 1. The number of aryl methyl sites for hydroxylation is 1. The van der Waals surface area contributed by atoms with Crippen LogP contribution in [0.1, 0.15) is 36.4 Å². The standard InChI is InChI=1S/C14H19NOS/c1-10-3-4-13-11(7-10)12(15)8-14(16-13)5-2-6-17-9-14/h3-4,7,12H,2,5-6,8-9,15H2,1H3. The lowest BCUT2D eigenvalue weighted by atomic mass is 9.85. The van der Waals surface area contributed by atoms with Gasteiger partial charge in [0.15, 0.2) is 0 Å². The summed E-state index contributed by atoms with van der Waals surface area (Å²) < 4.78 is 6.28. The molecular formula is C14H19NOS. The molecule has 17 heavy (non-hydrogen) atoms. The van der Waals surface area contributed by atoms with E-state index in [1.807, 2.05) is 11.8 Å². The quantitative estimate of drug-likeness (QED) is 0.767. The highest BCUT2D eigenvalue weighted by molar-refractivity contribution is 7.99. The molecule has 0 saturated carbocycles. The summed E-state index contributed by atoms with van der Waals surface area (Å²) in [4.78, 5) is 0. The first kappa shape index (κ1) is 11.4. The molecule has 1 aromatic carbocycles. The Hall–Kier alpha value is -0.670. The first-order valence-corrected chi connectivity index (χ1v) is 7.47. The van der Waals surface area contributed by atoms with Gasteiger partial charge >= 0.3 is 0 Å². The molecule has 0 amide bonds. The number of nitrogens with two attached hydrogens (primary N) is 1. The fourth-order valence-corrected chi connectivity index (χ4v) is 4.09. The molecule has 2 nitrogen and oxygen atoms in total. The molecule has 2 N–H and O–H groups in total. The van der Waals surface area contributed by atoms with E-state index >= 15 is 0 Å². The molecule has 0 aliphatic carbocycles. The van der Waals surface area contributed by atoms with Gasteiger partial charge in [0.1, 0.15) is 11.4 Å². The fraction of sp³-hybridized carbons (Fsp3) is 0.571. The third-order valence-corrected chi connectivity index (χ3v) is 5.08. The van der Waals surface area contributed by atoms with Crippen molar-refractivity contribution in [3.63, 3.8) is 0 Å². The molecule has 1 spiro atoms. The summed E-state index contributed by atoms with van der Waals surface area (Å²) in [5, 5.41) is 0. The molecule has 3 heteroatoms. The lowest BCUT2D eigenvalue weighted by Gasteiger charge is -2.43. The van der Waals surface area contributed by atoms with E-state index in [4.69, 9.17) is 10.5 Å². The van der Waals surface area contributed by atoms with Gasteiger partial charge in [-0.2, -0.15) is 11.8 Å². The molecular weight excluding hydrogens is 230 g/mol. The van der Waals surface area contributed by atoms with Crippen LogP contribution >= 0.6 is 11.8 Å². The zero-order valence-electron chi connectivity index (χ0n) is 10.2. The van der Waals surface area contributed by atoms with E-state index in [9.17, 15) is 0 Å². The lowest BCUT2D eigenvalue weighted by molar-refractivity contribution is 0.0471. The molecule has 1 fully saturated rings. The van der Waals surface area contributed by atoms with Crippen LogP contribution in [-0.2, 0) is 0 Å². The average Bonchev–Trinajstić information content (AvgIpc) is 2.31. The van der Waals surface area contributed by atoms with E-state index in [1.165, 1.54) is 23.3 Å². The number of benzene rings is 1. The van der Waals surface area contributed by atoms with Crippen LogP contribution in [0.3, 0.4) is 0 Å². The number of rotatable bonds is 0. The maximum atomic E-state index is 6.33. The van der Waals surface area contributed by atoms with Crippen molar-refractivity contribution in [3.05, 3.63) is 29.3 Å². The molecule has 3 rings (SSSR count). The maximum Gasteiger partial charge on any atom is 0.124 e. The molecule has 1 aromatic rings. The van der Waals surface area contributed by atoms with Gasteiger partial charge in [0, 0.05) is 23.8 Å². The number of hydrogen-bond donors (Lipinski definition) is 1. The Morgan fingerprint density at radius 1 is 1.47 bits per heavy atom. The summed E-state index contributed by atoms with van der Waals surface area (Å²) in [5.41, 5.74) is 8.78. The third-order valence-electron chi connectivity index (χ3n) is 3.77. The maximum absolute atomic E-state index is 6.33. The van der Waals surface area contributed by atoms with Gasteiger partial charge in [-0.3, -0.25) is 0 Å². The lowest BCUT2D eigenvalue weighted by Crippen LogP contribution is -2.46. The van der Waals surface area contributed by atoms with Crippen LogP contribution in [-0.4, -0.2) is 17.1 Å². The summed E-state index contributed by atoms with van der Waals surface area (Å²) in [7, 11) is 0. The number of hydrogen-bond acceptors (Lipinski definition) is 3. The summed E-state index contributed by atoms with van der Waals surface area (Å²) in [6.45, 7) is 2.10. The Morgan fingerprint density at radius 3 is 3.12 bits per heavy atom. The predicted octanol–water partition coefficient (Wildman–Crippen LogP) is 3.04. The average molecular weight is 249 g/mol. The van der Waals surface area contributed by atoms with Gasteiger partial charge in [-0.15, -0.1) is 0 Å². The molecule has 2 aliphatic heterocycles. The van der Waals surface area contributed by atoms with Crippen molar-refractivity contribution < 1.29 is 4.74 Å². The fourth-order valence-electron chi connectivity index (χ4n) is 2.90. The summed E-state index contributed by atoms with van der Waals surface area (Å²) in [6.07, 6.45) is 3.37. The molecule has 92 valence electrons. The topological polar surface area (TPSA) is 35.2 Å². The van der Waals surface area contributed by atoms with E-state index in [1.54, 1.807) is 0 Å². The Balaban J connectivity index is 1.94. The normalized spacial score (nSPS) is 32.0. The van der Waals surface area contributed by atoms with Crippen molar-refractivity contribution >= 4 is 11.8 Å². The summed E-state index contributed by atoms with van der Waals surface area (Å²) >= 11 is 2.00. The van der Waals surface area contributed by atoms with Gasteiger partial charge in [-0.05, 0) is 31.6 Å². The molecule has 0 radical (unpaired) electrons. The van der Waals surface area contributed by atoms with E-state index in [0.717, 1.165) is 24.3 Å². The van der Waals surface area contributed by atoms with E-state index in [2.05, 4.69) is 25.1 Å². The van der Waals surface area contributed by atoms with Crippen molar-refractivity contribution in [2.75, 3.05) is 11.5 Å². The molecule has 0 bridgehead atoms. The highest BCUT2D eigenvalue weighted by Gasteiger charge is 2.40. The van der Waals surface area contributed by atoms with Gasteiger partial charge in [0.2, 0.25) is 0 Å². The summed E-state index contributed by atoms with van der Waals surface area (Å²) in [6, 6.07) is 6.51. The van der Waals surface area contributed by atoms with Crippen molar-refractivity contribution in [2.45, 2.75) is 37.8 Å². The molecule has 2 heterocycles. The number of ether oxygens (including phenoxy) is 1. The molecule has 2 unspecified atom stereocenters. The summed E-state index contributed by atoms with van der Waals surface area (Å²) in [5.74, 6) is 3.37. The Labute approximate surface area is 107 Å². The largest absolute Gasteiger partial charge is 0.486 e. The minimum atomic E-state index is 0.00455. The first-order chi connectivity index (χ1) is 8.19.